The van der Waals surface area contributed by atoms with Gasteiger partial charge in [-0.1, -0.05) is 13.3 Å². The van der Waals surface area contributed by atoms with Crippen LogP contribution in [-0.2, 0) is 16.6 Å². The fourth-order valence-electron chi connectivity index (χ4n) is 1.31. The van der Waals surface area contributed by atoms with Gasteiger partial charge in [0, 0.05) is 25.5 Å². The van der Waals surface area contributed by atoms with Gasteiger partial charge < -0.3 is 0 Å². The van der Waals surface area contributed by atoms with E-state index in [1.54, 1.807) is 10.9 Å². The monoisotopic (exact) mass is 245 g/mol. The van der Waals surface area contributed by atoms with Gasteiger partial charge in [0.05, 0.1) is 5.75 Å². The van der Waals surface area contributed by atoms with Gasteiger partial charge >= 0.3 is 0 Å². The van der Waals surface area contributed by atoms with Gasteiger partial charge in [-0.15, -0.1) is 0 Å². The van der Waals surface area contributed by atoms with Crippen LogP contribution in [0.25, 0.3) is 0 Å². The molecule has 5 nitrogen and oxygen atoms in total. The number of hydrogen-bond donors (Lipinski definition) is 1. The Hall–Kier alpha value is -0.880. The van der Waals surface area contributed by atoms with Gasteiger partial charge in [-0.25, -0.2) is 13.1 Å². The van der Waals surface area contributed by atoms with E-state index in [1.807, 2.05) is 19.2 Å². The second kappa shape index (κ2) is 6.65. The molecule has 0 aliphatic heterocycles. The molecule has 0 aliphatic rings. The minimum absolute atomic E-state index is 0.227. The van der Waals surface area contributed by atoms with E-state index in [0.29, 0.717) is 13.0 Å². The fourth-order valence-corrected chi connectivity index (χ4v) is 2.58. The van der Waals surface area contributed by atoms with Crippen LogP contribution in [0.15, 0.2) is 18.5 Å². The molecule has 0 radical (unpaired) electrons. The maximum atomic E-state index is 11.4. The molecule has 16 heavy (non-hydrogen) atoms. The average Bonchev–Trinajstić information content (AvgIpc) is 2.75. The summed E-state index contributed by atoms with van der Waals surface area (Å²) < 4.78 is 27.2. The van der Waals surface area contributed by atoms with Crippen LogP contribution < -0.4 is 4.72 Å². The molecule has 1 rings (SSSR count). The van der Waals surface area contributed by atoms with Gasteiger partial charge in [0.15, 0.2) is 0 Å². The van der Waals surface area contributed by atoms with Crippen molar-refractivity contribution in [1.29, 1.82) is 0 Å². The summed E-state index contributed by atoms with van der Waals surface area (Å²) >= 11 is 0. The van der Waals surface area contributed by atoms with E-state index in [4.69, 9.17) is 0 Å². The van der Waals surface area contributed by atoms with E-state index in [9.17, 15) is 8.42 Å². The Labute approximate surface area is 96.9 Å². The molecule has 0 amide bonds. The van der Waals surface area contributed by atoms with E-state index in [0.717, 1.165) is 19.4 Å². The van der Waals surface area contributed by atoms with Crippen molar-refractivity contribution in [2.24, 2.45) is 0 Å². The first-order chi connectivity index (χ1) is 7.64. The summed E-state index contributed by atoms with van der Waals surface area (Å²) in [7, 11) is -3.06. The van der Waals surface area contributed by atoms with Crippen LogP contribution in [0, 0.1) is 0 Å². The summed E-state index contributed by atoms with van der Waals surface area (Å²) in [4.78, 5) is 0. The molecular formula is C10H19N3O2S. The zero-order valence-electron chi connectivity index (χ0n) is 9.59. The van der Waals surface area contributed by atoms with E-state index >= 15 is 0 Å². The van der Waals surface area contributed by atoms with Crippen LogP contribution in [0.3, 0.4) is 0 Å². The van der Waals surface area contributed by atoms with Gasteiger partial charge in [-0.05, 0) is 18.9 Å². The Bertz CT molecular complexity index is 373. The quantitative estimate of drug-likeness (QED) is 0.695. The molecule has 0 aliphatic carbocycles. The van der Waals surface area contributed by atoms with Crippen molar-refractivity contribution in [1.82, 2.24) is 14.5 Å². The topological polar surface area (TPSA) is 64.0 Å². The lowest BCUT2D eigenvalue weighted by Gasteiger charge is -2.05. The van der Waals surface area contributed by atoms with Gasteiger partial charge in [0.25, 0.3) is 0 Å². The summed E-state index contributed by atoms with van der Waals surface area (Å²) in [5.74, 6) is 0.227. The molecule has 1 aromatic rings. The number of hydrogen-bond acceptors (Lipinski definition) is 3. The van der Waals surface area contributed by atoms with Gasteiger partial charge in [0.2, 0.25) is 10.0 Å². The molecule has 0 unspecified atom stereocenters. The highest BCUT2D eigenvalue weighted by Crippen LogP contribution is 1.94. The lowest BCUT2D eigenvalue weighted by atomic mass is 10.4. The Morgan fingerprint density at radius 2 is 2.19 bits per heavy atom. The number of nitrogens with one attached hydrogen (secondary N) is 1. The predicted molar refractivity (Wildman–Crippen MR) is 63.5 cm³/mol. The summed E-state index contributed by atoms with van der Waals surface area (Å²) in [6.45, 7) is 3.20. The lowest BCUT2D eigenvalue weighted by molar-refractivity contribution is 0.551. The maximum Gasteiger partial charge on any atom is 0.211 e. The van der Waals surface area contributed by atoms with Gasteiger partial charge in [-0.3, -0.25) is 4.68 Å². The maximum absolute atomic E-state index is 11.4. The zero-order valence-corrected chi connectivity index (χ0v) is 10.4. The summed E-state index contributed by atoms with van der Waals surface area (Å²) in [5.41, 5.74) is 0. The van der Waals surface area contributed by atoms with Crippen molar-refractivity contribution in [3.63, 3.8) is 0 Å². The highest BCUT2D eigenvalue weighted by Gasteiger charge is 2.07. The second-order valence-electron chi connectivity index (χ2n) is 3.69. The Morgan fingerprint density at radius 3 is 2.81 bits per heavy atom. The van der Waals surface area contributed by atoms with Crippen LogP contribution in [0.1, 0.15) is 26.2 Å². The molecule has 0 atom stereocenters. The van der Waals surface area contributed by atoms with Gasteiger partial charge in [-0.2, -0.15) is 5.10 Å². The van der Waals surface area contributed by atoms with Crippen LogP contribution in [0.4, 0.5) is 0 Å². The Kier molecular flexibility index (Phi) is 5.48. The molecule has 92 valence electrons. The molecule has 0 saturated heterocycles. The van der Waals surface area contributed by atoms with E-state index < -0.39 is 10.0 Å². The van der Waals surface area contributed by atoms with Crippen molar-refractivity contribution in [2.45, 2.75) is 32.7 Å². The van der Waals surface area contributed by atoms with Crippen molar-refractivity contribution < 1.29 is 8.42 Å². The average molecular weight is 245 g/mol. The first-order valence-corrected chi connectivity index (χ1v) is 7.24. The Morgan fingerprint density at radius 1 is 1.38 bits per heavy atom. The first-order valence-electron chi connectivity index (χ1n) is 5.59. The molecule has 0 fully saturated rings. The van der Waals surface area contributed by atoms with Crippen molar-refractivity contribution in [3.05, 3.63) is 18.5 Å². The number of unbranched alkanes of at least 4 members (excludes halogenated alkanes) is 1. The number of rotatable bonds is 8. The molecule has 6 heteroatoms. The summed E-state index contributed by atoms with van der Waals surface area (Å²) in [6.07, 6.45) is 5.95. The van der Waals surface area contributed by atoms with E-state index in [-0.39, 0.29) is 5.75 Å². The largest absolute Gasteiger partial charge is 0.273 e. The van der Waals surface area contributed by atoms with E-state index in [2.05, 4.69) is 9.82 Å². The molecule has 0 aromatic carbocycles. The Balaban J connectivity index is 2.15. The van der Waals surface area contributed by atoms with Crippen LogP contribution >= 0.6 is 0 Å². The standard InChI is InChI=1S/C10H19N3O2S/c1-2-3-10-16(14,15)12-7-5-9-13-8-4-6-11-13/h4,6,8,12H,2-3,5,7,9-10H2,1H3. The summed E-state index contributed by atoms with van der Waals surface area (Å²) in [5, 5.41) is 4.04. The lowest BCUT2D eigenvalue weighted by Crippen LogP contribution is -2.28. The molecule has 0 bridgehead atoms. The normalized spacial score (nSPS) is 11.8. The molecule has 0 spiro atoms. The first kappa shape index (κ1) is 13.2. The smallest absolute Gasteiger partial charge is 0.211 e. The molecule has 1 N–H and O–H groups in total. The molecular weight excluding hydrogens is 226 g/mol. The number of sulfonamides is 1. The number of aromatic nitrogens is 2. The predicted octanol–water partition coefficient (Wildman–Crippen LogP) is 0.993. The molecule has 1 heterocycles. The third-order valence-corrected chi connectivity index (χ3v) is 3.68. The molecule has 1 aromatic heterocycles. The minimum atomic E-state index is -3.06. The van der Waals surface area contributed by atoms with Crippen molar-refractivity contribution in [3.8, 4) is 0 Å². The second-order valence-corrected chi connectivity index (χ2v) is 5.62. The van der Waals surface area contributed by atoms with Crippen LogP contribution in [0.5, 0.6) is 0 Å². The van der Waals surface area contributed by atoms with Crippen LogP contribution in [-0.4, -0.2) is 30.5 Å². The third-order valence-electron chi connectivity index (χ3n) is 2.21. The van der Waals surface area contributed by atoms with E-state index in [1.165, 1.54) is 0 Å². The highest BCUT2D eigenvalue weighted by molar-refractivity contribution is 7.89. The van der Waals surface area contributed by atoms with Crippen LogP contribution in [0.2, 0.25) is 0 Å². The zero-order chi connectivity index (χ0) is 11.9. The van der Waals surface area contributed by atoms with Crippen molar-refractivity contribution >= 4 is 10.0 Å². The summed E-state index contributed by atoms with van der Waals surface area (Å²) in [6, 6.07) is 1.85. The fraction of sp³-hybridized carbons (Fsp3) is 0.700. The SMILES string of the molecule is CCCCS(=O)(=O)NCCCn1cccn1. The minimum Gasteiger partial charge on any atom is -0.273 e. The number of aryl methyl sites for hydroxylation is 1. The van der Waals surface area contributed by atoms with Crippen molar-refractivity contribution in [2.75, 3.05) is 12.3 Å². The number of nitrogens with zero attached hydrogens (tertiary/aromatic N) is 2. The molecule has 0 saturated carbocycles. The van der Waals surface area contributed by atoms with Gasteiger partial charge in [0.1, 0.15) is 0 Å². The third kappa shape index (κ3) is 5.27. The highest BCUT2D eigenvalue weighted by atomic mass is 32.2.